The number of nitriles is 1. The second kappa shape index (κ2) is 8.34. The Morgan fingerprint density at radius 1 is 1.58 bits per heavy atom. The van der Waals surface area contributed by atoms with Crippen molar-refractivity contribution in [1.29, 1.82) is 10.7 Å². The van der Waals surface area contributed by atoms with Crippen LogP contribution in [-0.2, 0) is 9.59 Å². The summed E-state index contributed by atoms with van der Waals surface area (Å²) in [6, 6.07) is 5.44. The summed E-state index contributed by atoms with van der Waals surface area (Å²) in [5.74, 6) is -0.612. The average Bonchev–Trinajstić information content (AvgIpc) is 3.13. The Hall–Kier alpha value is -3.08. The predicted octanol–water partition coefficient (Wildman–Crippen LogP) is 0.943. The number of carbonyl (C=O) groups is 2. The first kappa shape index (κ1) is 19.2. The Bertz CT molecular complexity index is 746. The van der Waals surface area contributed by atoms with Crippen LogP contribution in [0.3, 0.4) is 0 Å². The minimum Gasteiger partial charge on any atom is -0.367 e. The van der Waals surface area contributed by atoms with E-state index in [0.29, 0.717) is 24.5 Å². The highest BCUT2D eigenvalue weighted by atomic mass is 16.2. The van der Waals surface area contributed by atoms with Gasteiger partial charge in [0.25, 0.3) is 5.91 Å². The molecule has 0 saturated carbocycles. The highest BCUT2D eigenvalue weighted by Gasteiger charge is 2.33. The maximum Gasteiger partial charge on any atom is 0.252 e. The lowest BCUT2D eigenvalue weighted by molar-refractivity contribution is -0.132. The number of nitrogens with zero attached hydrogens (tertiary/aromatic N) is 3. The number of amides is 2. The molecular weight excluding hydrogens is 332 g/mol. The quantitative estimate of drug-likeness (QED) is 0.517. The number of likely N-dealkylation sites (N-methyl/N-ethyl adjacent to an activating group) is 1. The number of piperidine rings is 1. The first-order chi connectivity index (χ1) is 12.4. The molecule has 26 heavy (non-hydrogen) atoms. The van der Waals surface area contributed by atoms with Crippen LogP contribution >= 0.6 is 0 Å². The molecule has 0 spiro atoms. The number of primary amides is 1. The summed E-state index contributed by atoms with van der Waals surface area (Å²) < 4.78 is 0. The molecule has 138 valence electrons. The summed E-state index contributed by atoms with van der Waals surface area (Å²) in [6.45, 7) is 3.15. The molecule has 2 heterocycles. The highest BCUT2D eigenvalue weighted by molar-refractivity contribution is 6.16. The fraction of sp³-hybridized carbons (Fsp3) is 0.444. The second-order valence-electron chi connectivity index (χ2n) is 6.47. The standard InChI is InChI=1S/C18H24N6O2/c1-12-6-9-24(16(25)5-7-19)11-15(12)23(2)17(13(10-20)18(21)26)14-4-3-8-22-14/h3-4,8,10,12,15,20,22H,5-6,9,11H2,1-2H3,(H2,21,26). The zero-order chi connectivity index (χ0) is 19.3. The fourth-order valence-electron chi connectivity index (χ4n) is 3.38. The predicted molar refractivity (Wildman–Crippen MR) is 97.8 cm³/mol. The number of nitrogens with two attached hydrogens (primary N) is 1. The van der Waals surface area contributed by atoms with E-state index in [4.69, 9.17) is 16.4 Å². The number of H-pyrrole nitrogens is 1. The van der Waals surface area contributed by atoms with Gasteiger partial charge in [0.2, 0.25) is 5.91 Å². The van der Waals surface area contributed by atoms with Crippen LogP contribution in [0.25, 0.3) is 5.70 Å². The molecule has 1 aliphatic heterocycles. The van der Waals surface area contributed by atoms with E-state index in [1.165, 1.54) is 0 Å². The number of carbonyl (C=O) groups excluding carboxylic acids is 2. The van der Waals surface area contributed by atoms with Gasteiger partial charge in [0.15, 0.2) is 0 Å². The number of hydrogen-bond acceptors (Lipinski definition) is 5. The largest absolute Gasteiger partial charge is 0.367 e. The van der Waals surface area contributed by atoms with Crippen LogP contribution in [0.2, 0.25) is 0 Å². The average molecular weight is 356 g/mol. The third-order valence-corrected chi connectivity index (χ3v) is 4.87. The number of aromatic amines is 1. The summed E-state index contributed by atoms with van der Waals surface area (Å²) in [6.07, 6.45) is 3.34. The number of rotatable bonds is 6. The van der Waals surface area contributed by atoms with Crippen LogP contribution in [-0.4, -0.2) is 59.0 Å². The van der Waals surface area contributed by atoms with Gasteiger partial charge >= 0.3 is 0 Å². The van der Waals surface area contributed by atoms with Crippen LogP contribution in [0, 0.1) is 22.7 Å². The number of nitrogens with one attached hydrogen (secondary N) is 2. The van der Waals surface area contributed by atoms with Crippen molar-refractivity contribution in [2.75, 3.05) is 20.1 Å². The van der Waals surface area contributed by atoms with Crippen LogP contribution in [0.1, 0.15) is 25.5 Å². The Balaban J connectivity index is 2.39. The van der Waals surface area contributed by atoms with E-state index in [2.05, 4.69) is 11.9 Å². The molecule has 1 aliphatic rings. The molecule has 1 aromatic rings. The minimum absolute atomic E-state index is 0.0704. The van der Waals surface area contributed by atoms with Gasteiger partial charge < -0.3 is 25.9 Å². The Labute approximate surface area is 152 Å². The smallest absolute Gasteiger partial charge is 0.252 e. The lowest BCUT2D eigenvalue weighted by atomic mass is 9.91. The zero-order valence-electron chi connectivity index (χ0n) is 15.0. The molecule has 2 amide bonds. The molecule has 2 atom stereocenters. The van der Waals surface area contributed by atoms with Crippen LogP contribution in [0.5, 0.6) is 0 Å². The van der Waals surface area contributed by atoms with Crippen LogP contribution in [0.15, 0.2) is 23.9 Å². The molecule has 0 aliphatic carbocycles. The highest BCUT2D eigenvalue weighted by Crippen LogP contribution is 2.29. The molecule has 8 nitrogen and oxygen atoms in total. The normalized spacial score (nSPS) is 20.7. The molecule has 2 unspecified atom stereocenters. The molecule has 1 fully saturated rings. The molecular formula is C18H24N6O2. The van der Waals surface area contributed by atoms with Crippen molar-refractivity contribution in [3.63, 3.8) is 0 Å². The van der Waals surface area contributed by atoms with Crippen molar-refractivity contribution < 1.29 is 9.59 Å². The van der Waals surface area contributed by atoms with E-state index >= 15 is 0 Å². The van der Waals surface area contributed by atoms with Crippen molar-refractivity contribution in [1.82, 2.24) is 14.8 Å². The molecule has 2 rings (SSSR count). The lowest BCUT2D eigenvalue weighted by Crippen LogP contribution is -2.52. The Morgan fingerprint density at radius 3 is 2.85 bits per heavy atom. The van der Waals surface area contributed by atoms with E-state index in [0.717, 1.165) is 12.6 Å². The SMILES string of the molecule is CC1CCN(C(=O)CC#N)CC1N(C)C(=C(C=N)C(N)=O)c1ccc[nH]1. The van der Waals surface area contributed by atoms with E-state index < -0.39 is 5.91 Å². The van der Waals surface area contributed by atoms with Crippen molar-refractivity contribution >= 4 is 23.7 Å². The van der Waals surface area contributed by atoms with Crippen molar-refractivity contribution in [2.24, 2.45) is 11.7 Å². The maximum atomic E-state index is 12.1. The zero-order valence-corrected chi connectivity index (χ0v) is 15.0. The summed E-state index contributed by atoms with van der Waals surface area (Å²) in [5, 5.41) is 16.4. The van der Waals surface area contributed by atoms with Crippen LogP contribution in [0.4, 0.5) is 0 Å². The second-order valence-corrected chi connectivity index (χ2v) is 6.47. The molecule has 8 heteroatoms. The van der Waals surface area contributed by atoms with Gasteiger partial charge in [-0.3, -0.25) is 9.59 Å². The van der Waals surface area contributed by atoms with E-state index in [-0.39, 0.29) is 29.9 Å². The number of hydrogen-bond donors (Lipinski definition) is 3. The van der Waals surface area contributed by atoms with Gasteiger partial charge in [-0.15, -0.1) is 0 Å². The van der Waals surface area contributed by atoms with Gasteiger partial charge in [-0.25, -0.2) is 0 Å². The fourth-order valence-corrected chi connectivity index (χ4v) is 3.38. The molecule has 4 N–H and O–H groups in total. The molecule has 1 aromatic heterocycles. The first-order valence-corrected chi connectivity index (χ1v) is 8.46. The third kappa shape index (κ3) is 3.94. The van der Waals surface area contributed by atoms with Crippen molar-refractivity contribution in [3.8, 4) is 6.07 Å². The topological polar surface area (TPSA) is 130 Å². The first-order valence-electron chi connectivity index (χ1n) is 8.46. The van der Waals surface area contributed by atoms with Gasteiger partial charge in [-0.1, -0.05) is 6.92 Å². The van der Waals surface area contributed by atoms with E-state index in [1.807, 2.05) is 24.1 Å². The Morgan fingerprint density at radius 2 is 2.31 bits per heavy atom. The minimum atomic E-state index is -0.683. The van der Waals surface area contributed by atoms with E-state index in [9.17, 15) is 9.59 Å². The Kier molecular flexibility index (Phi) is 6.17. The summed E-state index contributed by atoms with van der Waals surface area (Å²) in [7, 11) is 1.84. The van der Waals surface area contributed by atoms with Gasteiger partial charge in [0.1, 0.15) is 6.42 Å². The molecule has 0 radical (unpaired) electrons. The summed E-state index contributed by atoms with van der Waals surface area (Å²) in [4.78, 5) is 30.6. The summed E-state index contributed by atoms with van der Waals surface area (Å²) in [5.41, 5.74) is 6.79. The molecule has 1 saturated heterocycles. The van der Waals surface area contributed by atoms with Crippen molar-refractivity contribution in [3.05, 3.63) is 29.6 Å². The van der Waals surface area contributed by atoms with Gasteiger partial charge in [0, 0.05) is 38.6 Å². The lowest BCUT2D eigenvalue weighted by Gasteiger charge is -2.43. The van der Waals surface area contributed by atoms with Crippen molar-refractivity contribution in [2.45, 2.75) is 25.8 Å². The van der Waals surface area contributed by atoms with E-state index in [1.54, 1.807) is 17.2 Å². The third-order valence-electron chi connectivity index (χ3n) is 4.87. The molecule has 0 aromatic carbocycles. The maximum absolute atomic E-state index is 12.1. The van der Waals surface area contributed by atoms with Gasteiger partial charge in [0.05, 0.1) is 23.0 Å². The number of aromatic nitrogens is 1. The number of likely N-dealkylation sites (tertiary alicyclic amines) is 1. The van der Waals surface area contributed by atoms with Crippen LogP contribution < -0.4 is 5.73 Å². The van der Waals surface area contributed by atoms with Gasteiger partial charge in [-0.2, -0.15) is 5.26 Å². The summed E-state index contributed by atoms with van der Waals surface area (Å²) >= 11 is 0. The molecule has 0 bridgehead atoms. The van der Waals surface area contributed by atoms with Gasteiger partial charge in [-0.05, 0) is 24.5 Å². The monoisotopic (exact) mass is 356 g/mol.